The Morgan fingerprint density at radius 3 is 2.42 bits per heavy atom. The molecule has 0 saturated carbocycles. The highest BCUT2D eigenvalue weighted by Gasteiger charge is 2.13. The molecule has 2 amide bonds. The largest absolute Gasteiger partial charge is 0.481 e. The van der Waals surface area contributed by atoms with E-state index in [-0.39, 0.29) is 30.8 Å². The van der Waals surface area contributed by atoms with Crippen LogP contribution in [-0.4, -0.2) is 62.1 Å². The third-order valence-electron chi connectivity index (χ3n) is 2.54. The lowest BCUT2D eigenvalue weighted by atomic mass is 10.1. The van der Waals surface area contributed by atoms with Crippen molar-refractivity contribution in [3.63, 3.8) is 0 Å². The highest BCUT2D eigenvalue weighted by Crippen LogP contribution is 2.01. The number of urea groups is 1. The van der Waals surface area contributed by atoms with E-state index in [9.17, 15) is 18.0 Å². The molecule has 0 aliphatic heterocycles. The first kappa shape index (κ1) is 17.7. The zero-order valence-corrected chi connectivity index (χ0v) is 12.4. The standard InChI is InChI=1S/C11H22N2O5S/c1-9(5-4-6-10(14)15)12-11(16)13(2)7-8-19(3,17)18/h9H,4-8H2,1-3H3,(H,12,16)(H,14,15). The van der Waals surface area contributed by atoms with Gasteiger partial charge in [0.15, 0.2) is 0 Å². The third-order valence-corrected chi connectivity index (χ3v) is 3.47. The first-order valence-corrected chi connectivity index (χ1v) is 8.09. The Labute approximate surface area is 113 Å². The molecular weight excluding hydrogens is 272 g/mol. The number of aliphatic carboxylic acids is 1. The van der Waals surface area contributed by atoms with Crippen LogP contribution < -0.4 is 5.32 Å². The summed E-state index contributed by atoms with van der Waals surface area (Å²) in [4.78, 5) is 23.3. The normalized spacial score (nSPS) is 12.8. The molecule has 0 rings (SSSR count). The molecule has 0 heterocycles. The van der Waals surface area contributed by atoms with Gasteiger partial charge in [0, 0.05) is 32.3 Å². The lowest BCUT2D eigenvalue weighted by Gasteiger charge is -2.20. The number of sulfone groups is 1. The zero-order chi connectivity index (χ0) is 15.1. The van der Waals surface area contributed by atoms with Crippen LogP contribution in [0.2, 0.25) is 0 Å². The number of rotatable bonds is 8. The smallest absolute Gasteiger partial charge is 0.317 e. The van der Waals surface area contributed by atoms with Crippen molar-refractivity contribution in [3.05, 3.63) is 0 Å². The highest BCUT2D eigenvalue weighted by molar-refractivity contribution is 7.90. The Kier molecular flexibility index (Phi) is 7.43. The van der Waals surface area contributed by atoms with E-state index in [0.29, 0.717) is 12.8 Å². The van der Waals surface area contributed by atoms with Crippen molar-refractivity contribution in [2.45, 2.75) is 32.2 Å². The van der Waals surface area contributed by atoms with E-state index in [1.807, 2.05) is 0 Å². The van der Waals surface area contributed by atoms with Gasteiger partial charge in [-0.25, -0.2) is 13.2 Å². The molecule has 19 heavy (non-hydrogen) atoms. The number of hydrogen-bond donors (Lipinski definition) is 2. The van der Waals surface area contributed by atoms with Crippen LogP contribution >= 0.6 is 0 Å². The number of carbonyl (C=O) groups excluding carboxylic acids is 1. The Morgan fingerprint density at radius 1 is 1.37 bits per heavy atom. The van der Waals surface area contributed by atoms with Crippen LogP contribution in [0.15, 0.2) is 0 Å². The first-order chi connectivity index (χ1) is 8.61. The molecule has 0 aromatic rings. The summed E-state index contributed by atoms with van der Waals surface area (Å²) in [5, 5.41) is 11.2. The van der Waals surface area contributed by atoms with Crippen LogP contribution in [0.5, 0.6) is 0 Å². The summed E-state index contributed by atoms with van der Waals surface area (Å²) >= 11 is 0. The van der Waals surface area contributed by atoms with Gasteiger partial charge in [-0.15, -0.1) is 0 Å². The Hall–Kier alpha value is -1.31. The summed E-state index contributed by atoms with van der Waals surface area (Å²) in [6.45, 7) is 1.91. The second-order valence-electron chi connectivity index (χ2n) is 4.69. The number of carbonyl (C=O) groups is 2. The monoisotopic (exact) mass is 294 g/mol. The van der Waals surface area contributed by atoms with Crippen LogP contribution in [0.1, 0.15) is 26.2 Å². The predicted molar refractivity (Wildman–Crippen MR) is 71.8 cm³/mol. The van der Waals surface area contributed by atoms with E-state index in [1.165, 1.54) is 11.9 Å². The van der Waals surface area contributed by atoms with Crippen LogP contribution in [0.25, 0.3) is 0 Å². The average molecular weight is 294 g/mol. The molecule has 0 spiro atoms. The van der Waals surface area contributed by atoms with Gasteiger partial charge in [-0.3, -0.25) is 4.79 Å². The second-order valence-corrected chi connectivity index (χ2v) is 6.95. The van der Waals surface area contributed by atoms with Crippen molar-refractivity contribution in [2.75, 3.05) is 25.6 Å². The van der Waals surface area contributed by atoms with Gasteiger partial charge in [0.1, 0.15) is 9.84 Å². The van der Waals surface area contributed by atoms with Crippen LogP contribution in [-0.2, 0) is 14.6 Å². The number of nitrogens with zero attached hydrogens (tertiary/aromatic N) is 1. The van der Waals surface area contributed by atoms with E-state index in [1.54, 1.807) is 6.92 Å². The molecule has 1 unspecified atom stereocenters. The molecule has 0 fully saturated rings. The summed E-state index contributed by atoms with van der Waals surface area (Å²) in [6, 6.07) is -0.501. The molecule has 112 valence electrons. The zero-order valence-electron chi connectivity index (χ0n) is 11.5. The van der Waals surface area contributed by atoms with Gasteiger partial charge in [-0.2, -0.15) is 0 Å². The van der Waals surface area contributed by atoms with Gasteiger partial charge >= 0.3 is 12.0 Å². The van der Waals surface area contributed by atoms with Crippen LogP contribution in [0, 0.1) is 0 Å². The van der Waals surface area contributed by atoms with Crippen molar-refractivity contribution in [1.29, 1.82) is 0 Å². The van der Waals surface area contributed by atoms with Crippen molar-refractivity contribution in [3.8, 4) is 0 Å². The fraction of sp³-hybridized carbons (Fsp3) is 0.818. The number of amides is 2. The topological polar surface area (TPSA) is 104 Å². The third kappa shape index (κ3) is 10.3. The SMILES string of the molecule is CC(CCCC(=O)O)NC(=O)N(C)CCS(C)(=O)=O. The number of nitrogens with one attached hydrogen (secondary N) is 1. The molecule has 7 nitrogen and oxygen atoms in total. The van der Waals surface area contributed by atoms with Gasteiger partial charge in [-0.1, -0.05) is 0 Å². The molecular formula is C11H22N2O5S. The maximum atomic E-state index is 11.7. The lowest BCUT2D eigenvalue weighted by Crippen LogP contribution is -2.43. The molecule has 0 aromatic carbocycles. The van der Waals surface area contributed by atoms with Crippen LogP contribution in [0.4, 0.5) is 4.79 Å². The molecule has 1 atom stereocenters. The van der Waals surface area contributed by atoms with Gasteiger partial charge < -0.3 is 15.3 Å². The summed E-state index contributed by atoms with van der Waals surface area (Å²) in [5.74, 6) is -0.937. The summed E-state index contributed by atoms with van der Waals surface area (Å²) < 4.78 is 21.9. The molecule has 0 aliphatic carbocycles. The van der Waals surface area contributed by atoms with Gasteiger partial charge in [0.05, 0.1) is 5.75 Å². The predicted octanol–water partition coefficient (Wildman–Crippen LogP) is 0.316. The van der Waals surface area contributed by atoms with E-state index in [2.05, 4.69) is 5.32 Å². The molecule has 0 radical (unpaired) electrons. The summed E-state index contributed by atoms with van der Waals surface area (Å²) in [6.07, 6.45) is 2.25. The molecule has 0 aliphatic rings. The average Bonchev–Trinajstić information content (AvgIpc) is 2.24. The summed E-state index contributed by atoms with van der Waals surface area (Å²) in [7, 11) is -1.57. The minimum absolute atomic E-state index is 0.0735. The highest BCUT2D eigenvalue weighted by atomic mass is 32.2. The summed E-state index contributed by atoms with van der Waals surface area (Å²) in [5.41, 5.74) is 0. The fourth-order valence-electron chi connectivity index (χ4n) is 1.36. The molecule has 2 N–H and O–H groups in total. The number of carboxylic acid groups (broad SMARTS) is 1. The quantitative estimate of drug-likeness (QED) is 0.671. The van der Waals surface area contributed by atoms with E-state index >= 15 is 0 Å². The molecule has 0 saturated heterocycles. The lowest BCUT2D eigenvalue weighted by molar-refractivity contribution is -0.137. The fourth-order valence-corrected chi connectivity index (χ4v) is 1.96. The van der Waals surface area contributed by atoms with Crippen molar-refractivity contribution in [2.24, 2.45) is 0 Å². The van der Waals surface area contributed by atoms with E-state index in [4.69, 9.17) is 5.11 Å². The van der Waals surface area contributed by atoms with Crippen molar-refractivity contribution in [1.82, 2.24) is 10.2 Å². The molecule has 8 heteroatoms. The van der Waals surface area contributed by atoms with E-state index in [0.717, 1.165) is 6.26 Å². The number of carboxylic acids is 1. The second kappa shape index (κ2) is 7.98. The van der Waals surface area contributed by atoms with Crippen LogP contribution in [0.3, 0.4) is 0 Å². The van der Waals surface area contributed by atoms with Crippen molar-refractivity contribution >= 4 is 21.8 Å². The Morgan fingerprint density at radius 2 is 1.95 bits per heavy atom. The van der Waals surface area contributed by atoms with Gasteiger partial charge in [0.25, 0.3) is 0 Å². The van der Waals surface area contributed by atoms with Crippen molar-refractivity contribution < 1.29 is 23.1 Å². The Bertz CT molecular complexity index is 407. The van der Waals surface area contributed by atoms with E-state index < -0.39 is 15.8 Å². The number of hydrogen-bond acceptors (Lipinski definition) is 4. The molecule has 0 aromatic heterocycles. The Balaban J connectivity index is 3.97. The minimum atomic E-state index is -3.09. The first-order valence-electron chi connectivity index (χ1n) is 6.03. The van der Waals surface area contributed by atoms with Gasteiger partial charge in [0.2, 0.25) is 0 Å². The molecule has 0 bridgehead atoms. The minimum Gasteiger partial charge on any atom is -0.481 e. The maximum Gasteiger partial charge on any atom is 0.317 e. The van der Waals surface area contributed by atoms with Gasteiger partial charge in [-0.05, 0) is 19.8 Å². The maximum absolute atomic E-state index is 11.7.